The third-order valence-corrected chi connectivity index (χ3v) is 3.08. The number of benzene rings is 1. The van der Waals surface area contributed by atoms with Crippen LogP contribution in [0.15, 0.2) is 12.1 Å². The van der Waals surface area contributed by atoms with Crippen molar-refractivity contribution < 1.29 is 19.0 Å². The summed E-state index contributed by atoms with van der Waals surface area (Å²) in [4.78, 5) is 12.2. The smallest absolute Gasteiger partial charge is 0.185 e. The molecule has 0 saturated heterocycles. The van der Waals surface area contributed by atoms with Gasteiger partial charge in [0.1, 0.15) is 22.8 Å². The first-order valence-corrected chi connectivity index (χ1v) is 8.36. The van der Waals surface area contributed by atoms with Crippen LogP contribution in [-0.4, -0.2) is 31.5 Å². The summed E-state index contributed by atoms with van der Waals surface area (Å²) in [5, 5.41) is 0. The molecule has 5 heteroatoms. The van der Waals surface area contributed by atoms with Crippen molar-refractivity contribution in [3.8, 4) is 17.2 Å². The van der Waals surface area contributed by atoms with Crippen LogP contribution in [0.1, 0.15) is 50.4 Å². The van der Waals surface area contributed by atoms with Gasteiger partial charge in [0, 0.05) is 12.1 Å². The predicted octanol–water partition coefficient (Wildman–Crippen LogP) is 4.47. The standard InChI is InChI=1S/C17H25ClO4/c1-4-7-20-13-10-15(21-8-5-2)17(14(19)12-18)16(11-13)22-9-6-3/h10-11H,4-9,12H2,1-3H3. The highest BCUT2D eigenvalue weighted by Gasteiger charge is 2.20. The van der Waals surface area contributed by atoms with Crippen LogP contribution in [0.3, 0.4) is 0 Å². The summed E-state index contributed by atoms with van der Waals surface area (Å²) in [6.45, 7) is 7.70. The first-order valence-electron chi connectivity index (χ1n) is 7.83. The molecule has 0 N–H and O–H groups in total. The Kier molecular flexibility index (Phi) is 8.75. The molecule has 1 aromatic rings. The van der Waals surface area contributed by atoms with E-state index in [4.69, 9.17) is 25.8 Å². The molecule has 0 spiro atoms. The molecule has 0 aromatic heterocycles. The summed E-state index contributed by atoms with van der Waals surface area (Å²) < 4.78 is 17.1. The second-order valence-electron chi connectivity index (χ2n) is 4.90. The van der Waals surface area contributed by atoms with Gasteiger partial charge in [0.05, 0.1) is 25.7 Å². The Morgan fingerprint density at radius 2 is 1.36 bits per heavy atom. The summed E-state index contributed by atoms with van der Waals surface area (Å²) in [6.07, 6.45) is 2.60. The molecular formula is C17H25ClO4. The van der Waals surface area contributed by atoms with Crippen LogP contribution in [0.5, 0.6) is 17.2 Å². The molecule has 0 heterocycles. The third-order valence-electron chi connectivity index (χ3n) is 2.84. The predicted molar refractivity (Wildman–Crippen MR) is 88.9 cm³/mol. The van der Waals surface area contributed by atoms with E-state index in [1.165, 1.54) is 0 Å². The fourth-order valence-corrected chi connectivity index (χ4v) is 2.00. The minimum absolute atomic E-state index is 0.111. The molecule has 0 aliphatic carbocycles. The van der Waals surface area contributed by atoms with E-state index in [1.807, 2.05) is 20.8 Å². The number of hydrogen-bond acceptors (Lipinski definition) is 4. The van der Waals surface area contributed by atoms with Gasteiger partial charge in [-0.05, 0) is 19.3 Å². The van der Waals surface area contributed by atoms with Crippen LogP contribution < -0.4 is 14.2 Å². The largest absolute Gasteiger partial charge is 0.493 e. The molecule has 0 bridgehead atoms. The number of rotatable bonds is 11. The zero-order chi connectivity index (χ0) is 16.4. The van der Waals surface area contributed by atoms with E-state index < -0.39 is 0 Å². The third kappa shape index (κ3) is 5.41. The van der Waals surface area contributed by atoms with Crippen molar-refractivity contribution in [2.75, 3.05) is 25.7 Å². The zero-order valence-electron chi connectivity index (χ0n) is 13.6. The Morgan fingerprint density at radius 1 is 0.909 bits per heavy atom. The Labute approximate surface area is 137 Å². The Morgan fingerprint density at radius 3 is 1.77 bits per heavy atom. The average Bonchev–Trinajstić information content (AvgIpc) is 2.55. The van der Waals surface area contributed by atoms with Gasteiger partial charge in [-0.15, -0.1) is 11.6 Å². The molecule has 124 valence electrons. The van der Waals surface area contributed by atoms with Crippen molar-refractivity contribution in [1.82, 2.24) is 0 Å². The van der Waals surface area contributed by atoms with Crippen molar-refractivity contribution in [1.29, 1.82) is 0 Å². The molecule has 0 fully saturated rings. The van der Waals surface area contributed by atoms with Gasteiger partial charge in [-0.25, -0.2) is 0 Å². The molecule has 22 heavy (non-hydrogen) atoms. The lowest BCUT2D eigenvalue weighted by atomic mass is 10.1. The van der Waals surface area contributed by atoms with Gasteiger partial charge in [-0.3, -0.25) is 4.79 Å². The molecular weight excluding hydrogens is 304 g/mol. The van der Waals surface area contributed by atoms with Gasteiger partial charge >= 0.3 is 0 Å². The molecule has 0 saturated carbocycles. The fraction of sp³-hybridized carbons (Fsp3) is 0.588. The molecule has 0 aliphatic heterocycles. The summed E-state index contributed by atoms with van der Waals surface area (Å²) in [7, 11) is 0. The lowest BCUT2D eigenvalue weighted by molar-refractivity contribution is 0.101. The van der Waals surface area contributed by atoms with E-state index in [2.05, 4.69) is 0 Å². The lowest BCUT2D eigenvalue weighted by Gasteiger charge is -2.17. The van der Waals surface area contributed by atoms with Crippen LogP contribution >= 0.6 is 11.6 Å². The minimum Gasteiger partial charge on any atom is -0.493 e. The summed E-state index contributed by atoms with van der Waals surface area (Å²) >= 11 is 5.73. The first-order chi connectivity index (χ1) is 10.7. The molecule has 0 radical (unpaired) electrons. The highest BCUT2D eigenvalue weighted by molar-refractivity contribution is 6.31. The number of halogens is 1. The maximum absolute atomic E-state index is 12.2. The van der Waals surface area contributed by atoms with Crippen LogP contribution in [0.4, 0.5) is 0 Å². The van der Waals surface area contributed by atoms with Crippen LogP contribution in [0.2, 0.25) is 0 Å². The molecule has 4 nitrogen and oxygen atoms in total. The minimum atomic E-state index is -0.207. The van der Waals surface area contributed by atoms with Crippen LogP contribution in [-0.2, 0) is 0 Å². The SMILES string of the molecule is CCCOc1cc(OCCC)c(C(=O)CCl)c(OCCC)c1. The zero-order valence-corrected chi connectivity index (χ0v) is 14.4. The molecule has 0 atom stereocenters. The van der Waals surface area contributed by atoms with E-state index in [0.29, 0.717) is 42.6 Å². The van der Waals surface area contributed by atoms with Gasteiger partial charge in [0.2, 0.25) is 0 Å². The number of hydrogen-bond donors (Lipinski definition) is 0. The monoisotopic (exact) mass is 328 g/mol. The van der Waals surface area contributed by atoms with Gasteiger partial charge in [0.25, 0.3) is 0 Å². The second kappa shape index (κ2) is 10.3. The van der Waals surface area contributed by atoms with Crippen LogP contribution in [0.25, 0.3) is 0 Å². The molecule has 0 unspecified atom stereocenters. The number of ether oxygens (including phenoxy) is 3. The first kappa shape index (κ1) is 18.6. The Bertz CT molecular complexity index is 445. The van der Waals surface area contributed by atoms with E-state index >= 15 is 0 Å². The Balaban J connectivity index is 3.22. The van der Waals surface area contributed by atoms with Crippen molar-refractivity contribution in [2.45, 2.75) is 40.0 Å². The number of alkyl halides is 1. The quantitative estimate of drug-likeness (QED) is 0.444. The normalized spacial score (nSPS) is 10.4. The number of carbonyl (C=O) groups is 1. The van der Waals surface area contributed by atoms with E-state index in [0.717, 1.165) is 19.3 Å². The highest BCUT2D eigenvalue weighted by atomic mass is 35.5. The van der Waals surface area contributed by atoms with Gasteiger partial charge in [-0.1, -0.05) is 20.8 Å². The Hall–Kier alpha value is -1.42. The van der Waals surface area contributed by atoms with Crippen molar-refractivity contribution >= 4 is 17.4 Å². The molecule has 0 amide bonds. The van der Waals surface area contributed by atoms with E-state index in [9.17, 15) is 4.79 Å². The highest BCUT2D eigenvalue weighted by Crippen LogP contribution is 2.35. The maximum atomic E-state index is 12.2. The maximum Gasteiger partial charge on any atom is 0.185 e. The fourth-order valence-electron chi connectivity index (χ4n) is 1.86. The molecule has 0 aliphatic rings. The number of carbonyl (C=O) groups excluding carboxylic acids is 1. The second-order valence-corrected chi connectivity index (χ2v) is 5.16. The number of Topliss-reactive ketones (excluding diaryl/α,β-unsaturated/α-hetero) is 1. The topological polar surface area (TPSA) is 44.8 Å². The van der Waals surface area contributed by atoms with Crippen molar-refractivity contribution in [3.63, 3.8) is 0 Å². The summed E-state index contributed by atoms with van der Waals surface area (Å²) in [5.41, 5.74) is 0.403. The summed E-state index contributed by atoms with van der Waals surface area (Å²) in [6, 6.07) is 3.48. The van der Waals surface area contributed by atoms with Crippen molar-refractivity contribution in [2.24, 2.45) is 0 Å². The average molecular weight is 329 g/mol. The lowest BCUT2D eigenvalue weighted by Crippen LogP contribution is -2.10. The van der Waals surface area contributed by atoms with E-state index in [1.54, 1.807) is 12.1 Å². The van der Waals surface area contributed by atoms with Gasteiger partial charge < -0.3 is 14.2 Å². The van der Waals surface area contributed by atoms with Gasteiger partial charge in [-0.2, -0.15) is 0 Å². The summed E-state index contributed by atoms with van der Waals surface area (Å²) in [5.74, 6) is 1.28. The van der Waals surface area contributed by atoms with Gasteiger partial charge in [0.15, 0.2) is 5.78 Å². The van der Waals surface area contributed by atoms with E-state index in [-0.39, 0.29) is 11.7 Å². The van der Waals surface area contributed by atoms with Crippen LogP contribution in [0, 0.1) is 0 Å². The van der Waals surface area contributed by atoms with Crippen molar-refractivity contribution in [3.05, 3.63) is 17.7 Å². The number of ketones is 1. The molecule has 1 rings (SSSR count). The molecule has 1 aromatic carbocycles.